The Kier molecular flexibility index (Phi) is 3.10. The van der Waals surface area contributed by atoms with E-state index in [0.717, 1.165) is 5.56 Å². The van der Waals surface area contributed by atoms with Crippen LogP contribution >= 0.6 is 11.6 Å². The molecule has 6 heteroatoms. The lowest BCUT2D eigenvalue weighted by Crippen LogP contribution is -2.22. The van der Waals surface area contributed by atoms with E-state index in [2.05, 4.69) is 0 Å². The first-order valence-electron chi connectivity index (χ1n) is 5.24. The summed E-state index contributed by atoms with van der Waals surface area (Å²) in [5.41, 5.74) is 0.852. The minimum atomic E-state index is -3.45. The fourth-order valence-electron chi connectivity index (χ4n) is 1.82. The predicted octanol–water partition coefficient (Wildman–Crippen LogP) is 1.91. The molecule has 4 nitrogen and oxygen atoms in total. The minimum absolute atomic E-state index is 0.0415. The first kappa shape index (κ1) is 12.7. The second-order valence-corrected chi connectivity index (χ2v) is 6.87. The topological polar surface area (TPSA) is 46.6 Å². The van der Waals surface area contributed by atoms with E-state index in [-0.39, 0.29) is 11.0 Å². The molecule has 0 aliphatic carbocycles. The standard InChI is InChI=1S/C11H14ClNO3S/c1-7-4-8-5-9(17(14,15)13(2)3)6-10(12)11(8)16-7/h5-7H,4H2,1-3H3/t7-/m0/s1. The molecule has 0 spiro atoms. The monoisotopic (exact) mass is 275 g/mol. The average Bonchev–Trinajstić information content (AvgIpc) is 2.58. The van der Waals surface area contributed by atoms with Crippen molar-refractivity contribution in [3.8, 4) is 5.75 Å². The number of fused-ring (bicyclic) bond motifs is 1. The van der Waals surface area contributed by atoms with Gasteiger partial charge in [-0.1, -0.05) is 11.6 Å². The quantitative estimate of drug-likeness (QED) is 0.828. The lowest BCUT2D eigenvalue weighted by atomic mass is 10.1. The molecule has 0 unspecified atom stereocenters. The molecule has 0 bridgehead atoms. The summed E-state index contributed by atoms with van der Waals surface area (Å²) in [6.45, 7) is 1.93. The van der Waals surface area contributed by atoms with Gasteiger partial charge in [-0.05, 0) is 19.1 Å². The fourth-order valence-corrected chi connectivity index (χ4v) is 3.15. The summed E-state index contributed by atoms with van der Waals surface area (Å²) in [6.07, 6.45) is 0.728. The van der Waals surface area contributed by atoms with Gasteiger partial charge in [0.05, 0.1) is 9.92 Å². The number of hydrogen-bond donors (Lipinski definition) is 0. The molecular weight excluding hydrogens is 262 g/mol. The maximum atomic E-state index is 12.0. The summed E-state index contributed by atoms with van der Waals surface area (Å²) in [6, 6.07) is 3.08. The smallest absolute Gasteiger partial charge is 0.242 e. The number of hydrogen-bond acceptors (Lipinski definition) is 3. The summed E-state index contributed by atoms with van der Waals surface area (Å²) in [5, 5.41) is 0.354. The number of halogens is 1. The van der Waals surface area contributed by atoms with Gasteiger partial charge in [0.25, 0.3) is 0 Å². The normalized spacial score (nSPS) is 19.2. The first-order valence-corrected chi connectivity index (χ1v) is 7.06. The van der Waals surface area contributed by atoms with Gasteiger partial charge in [0, 0.05) is 26.1 Å². The maximum Gasteiger partial charge on any atom is 0.242 e. The van der Waals surface area contributed by atoms with Crippen LogP contribution in [0.25, 0.3) is 0 Å². The fraction of sp³-hybridized carbons (Fsp3) is 0.455. The summed E-state index contributed by atoms with van der Waals surface area (Å²) in [7, 11) is -0.454. The van der Waals surface area contributed by atoms with Crippen LogP contribution in [0.1, 0.15) is 12.5 Å². The molecule has 0 fully saturated rings. The van der Waals surface area contributed by atoms with Crippen molar-refractivity contribution in [3.05, 3.63) is 22.7 Å². The van der Waals surface area contributed by atoms with E-state index in [1.807, 2.05) is 6.92 Å². The van der Waals surface area contributed by atoms with Crippen molar-refractivity contribution in [2.75, 3.05) is 14.1 Å². The van der Waals surface area contributed by atoms with Crippen molar-refractivity contribution in [1.29, 1.82) is 0 Å². The molecule has 17 heavy (non-hydrogen) atoms. The largest absolute Gasteiger partial charge is 0.489 e. The van der Waals surface area contributed by atoms with Gasteiger partial charge >= 0.3 is 0 Å². The molecule has 1 atom stereocenters. The van der Waals surface area contributed by atoms with E-state index in [1.165, 1.54) is 24.5 Å². The van der Waals surface area contributed by atoms with Crippen molar-refractivity contribution in [1.82, 2.24) is 4.31 Å². The molecule has 1 aromatic rings. The Morgan fingerprint density at radius 1 is 1.41 bits per heavy atom. The summed E-state index contributed by atoms with van der Waals surface area (Å²) in [5.74, 6) is 0.608. The Hall–Kier alpha value is -0.780. The van der Waals surface area contributed by atoms with Crippen LogP contribution in [0.5, 0.6) is 5.75 Å². The van der Waals surface area contributed by atoms with Crippen LogP contribution in [0.3, 0.4) is 0 Å². The molecular formula is C11H14ClNO3S. The molecule has 1 aliphatic rings. The maximum absolute atomic E-state index is 12.0. The molecule has 1 aliphatic heterocycles. The molecule has 0 saturated carbocycles. The van der Waals surface area contributed by atoms with E-state index >= 15 is 0 Å². The van der Waals surface area contributed by atoms with Crippen molar-refractivity contribution < 1.29 is 13.2 Å². The van der Waals surface area contributed by atoms with Gasteiger partial charge in [-0.25, -0.2) is 12.7 Å². The number of sulfonamides is 1. The van der Waals surface area contributed by atoms with Gasteiger partial charge in [-0.2, -0.15) is 0 Å². The molecule has 1 aromatic carbocycles. The first-order chi connectivity index (χ1) is 7.82. The lowest BCUT2D eigenvalue weighted by molar-refractivity contribution is 0.255. The highest BCUT2D eigenvalue weighted by atomic mass is 35.5. The van der Waals surface area contributed by atoms with Gasteiger partial charge in [-0.3, -0.25) is 0 Å². The second kappa shape index (κ2) is 4.15. The summed E-state index contributed by atoms with van der Waals surface area (Å²) in [4.78, 5) is 0.212. The number of benzene rings is 1. The van der Waals surface area contributed by atoms with Crippen LogP contribution in [0.15, 0.2) is 17.0 Å². The van der Waals surface area contributed by atoms with Gasteiger partial charge in [0.15, 0.2) is 0 Å². The average molecular weight is 276 g/mol. The van der Waals surface area contributed by atoms with Crippen LogP contribution in [0, 0.1) is 0 Å². The van der Waals surface area contributed by atoms with E-state index < -0.39 is 10.0 Å². The molecule has 1 heterocycles. The van der Waals surface area contributed by atoms with Crippen LogP contribution in [-0.2, 0) is 16.4 Å². The van der Waals surface area contributed by atoms with Gasteiger partial charge in [-0.15, -0.1) is 0 Å². The van der Waals surface area contributed by atoms with Crippen molar-refractivity contribution >= 4 is 21.6 Å². The highest BCUT2D eigenvalue weighted by molar-refractivity contribution is 7.89. The third kappa shape index (κ3) is 2.14. The van der Waals surface area contributed by atoms with Crippen LogP contribution < -0.4 is 4.74 Å². The SMILES string of the molecule is C[C@H]1Cc2cc(S(=O)(=O)N(C)C)cc(Cl)c2O1. The summed E-state index contributed by atoms with van der Waals surface area (Å²) >= 11 is 6.04. The van der Waals surface area contributed by atoms with Gasteiger partial charge < -0.3 is 4.74 Å². The van der Waals surface area contributed by atoms with Crippen molar-refractivity contribution in [2.45, 2.75) is 24.3 Å². The van der Waals surface area contributed by atoms with Gasteiger partial charge in [0.1, 0.15) is 11.9 Å². The molecule has 0 aromatic heterocycles. The van der Waals surface area contributed by atoms with Crippen LogP contribution in [0.4, 0.5) is 0 Å². The molecule has 0 amide bonds. The van der Waals surface area contributed by atoms with E-state index in [9.17, 15) is 8.42 Å². The lowest BCUT2D eigenvalue weighted by Gasteiger charge is -2.12. The molecule has 94 valence electrons. The van der Waals surface area contributed by atoms with Gasteiger partial charge in [0.2, 0.25) is 10.0 Å². The number of nitrogens with zero attached hydrogens (tertiary/aromatic N) is 1. The van der Waals surface area contributed by atoms with E-state index in [0.29, 0.717) is 17.2 Å². The summed E-state index contributed by atoms with van der Waals surface area (Å²) < 4.78 is 30.7. The second-order valence-electron chi connectivity index (χ2n) is 4.31. The molecule has 0 N–H and O–H groups in total. The number of rotatable bonds is 2. The predicted molar refractivity (Wildman–Crippen MR) is 66.1 cm³/mol. The molecule has 2 rings (SSSR count). The Labute approximate surface area is 106 Å². The van der Waals surface area contributed by atoms with E-state index in [4.69, 9.17) is 16.3 Å². The Bertz CT molecular complexity index is 554. The Balaban J connectivity index is 2.55. The van der Waals surface area contributed by atoms with Crippen LogP contribution in [0.2, 0.25) is 5.02 Å². The third-order valence-electron chi connectivity index (χ3n) is 2.70. The zero-order chi connectivity index (χ0) is 12.8. The zero-order valence-electron chi connectivity index (χ0n) is 9.90. The van der Waals surface area contributed by atoms with E-state index in [1.54, 1.807) is 6.07 Å². The Morgan fingerprint density at radius 3 is 2.65 bits per heavy atom. The third-order valence-corrected chi connectivity index (χ3v) is 4.77. The highest BCUT2D eigenvalue weighted by Crippen LogP contribution is 2.38. The minimum Gasteiger partial charge on any atom is -0.489 e. The van der Waals surface area contributed by atoms with Crippen LogP contribution in [-0.4, -0.2) is 32.9 Å². The number of ether oxygens (including phenoxy) is 1. The van der Waals surface area contributed by atoms with Crippen molar-refractivity contribution in [3.63, 3.8) is 0 Å². The zero-order valence-corrected chi connectivity index (χ0v) is 11.5. The molecule has 0 saturated heterocycles. The molecule has 0 radical (unpaired) electrons. The Morgan fingerprint density at radius 2 is 2.06 bits per heavy atom. The van der Waals surface area contributed by atoms with Crippen molar-refractivity contribution in [2.24, 2.45) is 0 Å². The highest BCUT2D eigenvalue weighted by Gasteiger charge is 2.26.